The molecule has 2 N–H and O–H groups in total. The third-order valence-electron chi connectivity index (χ3n) is 3.34. The molecule has 19 heavy (non-hydrogen) atoms. The summed E-state index contributed by atoms with van der Waals surface area (Å²) in [5, 5.41) is 2.20. The van der Waals surface area contributed by atoms with E-state index in [1.165, 1.54) is 5.69 Å². The Morgan fingerprint density at radius 2 is 1.84 bits per heavy atom. The number of hydrogen-bond donors (Lipinski definition) is 1. The van der Waals surface area contributed by atoms with Crippen molar-refractivity contribution in [3.8, 4) is 0 Å². The van der Waals surface area contributed by atoms with Crippen LogP contribution in [0.1, 0.15) is 6.42 Å². The van der Waals surface area contributed by atoms with Gasteiger partial charge in [0.05, 0.1) is 0 Å². The topological polar surface area (TPSA) is 45.4 Å². The van der Waals surface area contributed by atoms with Gasteiger partial charge in [-0.25, -0.2) is 0 Å². The highest BCUT2D eigenvalue weighted by Gasteiger charge is 2.08. The van der Waals surface area contributed by atoms with Gasteiger partial charge in [0.2, 0.25) is 0 Å². The quantitative estimate of drug-likeness (QED) is 0.835. The molecule has 1 aromatic heterocycles. The summed E-state index contributed by atoms with van der Waals surface area (Å²) in [6, 6.07) is 6.02. The summed E-state index contributed by atoms with van der Waals surface area (Å²) in [6.45, 7) is 2.11. The molecule has 0 radical (unpaired) electrons. The summed E-state index contributed by atoms with van der Waals surface area (Å²) in [4.78, 5) is 8.69. The first-order valence-corrected chi connectivity index (χ1v) is 6.57. The number of rotatable bonds is 5. The van der Waals surface area contributed by atoms with Gasteiger partial charge in [-0.05, 0) is 45.3 Å². The largest absolute Gasteiger partial charge is 0.398 e. The SMILES string of the molecule is CN(C)CCCN(C)c1ccc(N)c2ccncc12. The van der Waals surface area contributed by atoms with Crippen molar-refractivity contribution in [3.63, 3.8) is 0 Å². The molecule has 0 aliphatic heterocycles. The van der Waals surface area contributed by atoms with Gasteiger partial charge in [-0.2, -0.15) is 0 Å². The number of aromatic nitrogens is 1. The van der Waals surface area contributed by atoms with E-state index in [1.54, 1.807) is 6.20 Å². The highest BCUT2D eigenvalue weighted by molar-refractivity contribution is 6.00. The van der Waals surface area contributed by atoms with Crippen LogP contribution in [0.3, 0.4) is 0 Å². The first-order chi connectivity index (χ1) is 9.09. The lowest BCUT2D eigenvalue weighted by Gasteiger charge is -2.22. The average Bonchev–Trinajstić information content (AvgIpc) is 2.39. The summed E-state index contributed by atoms with van der Waals surface area (Å²) >= 11 is 0. The van der Waals surface area contributed by atoms with E-state index < -0.39 is 0 Å². The molecule has 2 aromatic rings. The molecular formula is C15H22N4. The van der Waals surface area contributed by atoms with Crippen molar-refractivity contribution >= 4 is 22.1 Å². The van der Waals surface area contributed by atoms with Crippen molar-refractivity contribution < 1.29 is 0 Å². The number of nitrogens with two attached hydrogens (primary N) is 1. The number of pyridine rings is 1. The van der Waals surface area contributed by atoms with E-state index in [1.807, 2.05) is 18.3 Å². The predicted molar refractivity (Wildman–Crippen MR) is 82.6 cm³/mol. The minimum Gasteiger partial charge on any atom is -0.398 e. The van der Waals surface area contributed by atoms with Gasteiger partial charge in [-0.1, -0.05) is 0 Å². The van der Waals surface area contributed by atoms with E-state index in [0.717, 1.165) is 36.0 Å². The van der Waals surface area contributed by atoms with Crippen LogP contribution >= 0.6 is 0 Å². The zero-order chi connectivity index (χ0) is 13.8. The molecule has 0 aliphatic carbocycles. The van der Waals surface area contributed by atoms with Crippen LogP contribution in [-0.4, -0.2) is 44.1 Å². The van der Waals surface area contributed by atoms with E-state index in [9.17, 15) is 0 Å². The van der Waals surface area contributed by atoms with E-state index >= 15 is 0 Å². The molecule has 0 amide bonds. The van der Waals surface area contributed by atoms with Crippen molar-refractivity contribution in [3.05, 3.63) is 30.6 Å². The lowest BCUT2D eigenvalue weighted by Crippen LogP contribution is -2.23. The van der Waals surface area contributed by atoms with Crippen LogP contribution in [0.15, 0.2) is 30.6 Å². The van der Waals surface area contributed by atoms with Gasteiger partial charge < -0.3 is 15.5 Å². The normalized spacial score (nSPS) is 11.2. The van der Waals surface area contributed by atoms with Gasteiger partial charge in [0, 0.05) is 48.1 Å². The number of anilines is 2. The molecular weight excluding hydrogens is 236 g/mol. The molecule has 0 saturated heterocycles. The molecule has 0 fully saturated rings. The molecule has 0 saturated carbocycles. The van der Waals surface area contributed by atoms with E-state index in [-0.39, 0.29) is 0 Å². The van der Waals surface area contributed by atoms with Crippen LogP contribution in [0.2, 0.25) is 0 Å². The predicted octanol–water partition coefficient (Wildman–Crippen LogP) is 2.20. The Hall–Kier alpha value is -1.81. The van der Waals surface area contributed by atoms with Gasteiger partial charge in [0.25, 0.3) is 0 Å². The van der Waals surface area contributed by atoms with Crippen molar-refractivity contribution in [2.75, 3.05) is 44.9 Å². The Morgan fingerprint density at radius 3 is 2.58 bits per heavy atom. The Labute approximate surface area is 114 Å². The van der Waals surface area contributed by atoms with Crippen LogP contribution < -0.4 is 10.6 Å². The van der Waals surface area contributed by atoms with E-state index in [4.69, 9.17) is 5.73 Å². The van der Waals surface area contributed by atoms with Gasteiger partial charge in [-0.15, -0.1) is 0 Å². The second-order valence-electron chi connectivity index (χ2n) is 5.17. The summed E-state index contributed by atoms with van der Waals surface area (Å²) in [7, 11) is 6.32. The minimum absolute atomic E-state index is 0.808. The zero-order valence-corrected chi connectivity index (χ0v) is 11.9. The first kappa shape index (κ1) is 13.6. The van der Waals surface area contributed by atoms with Gasteiger partial charge in [0.15, 0.2) is 0 Å². The Kier molecular flexibility index (Phi) is 4.22. The van der Waals surface area contributed by atoms with Crippen molar-refractivity contribution in [2.45, 2.75) is 6.42 Å². The molecule has 0 spiro atoms. The zero-order valence-electron chi connectivity index (χ0n) is 11.9. The monoisotopic (exact) mass is 258 g/mol. The van der Waals surface area contributed by atoms with Crippen LogP contribution in [0, 0.1) is 0 Å². The highest BCUT2D eigenvalue weighted by atomic mass is 15.1. The number of fused-ring (bicyclic) bond motifs is 1. The molecule has 102 valence electrons. The van der Waals surface area contributed by atoms with Crippen LogP contribution in [0.25, 0.3) is 10.8 Å². The molecule has 1 heterocycles. The third-order valence-corrected chi connectivity index (χ3v) is 3.34. The third kappa shape index (κ3) is 3.15. The van der Waals surface area contributed by atoms with Crippen molar-refractivity contribution in [1.82, 2.24) is 9.88 Å². The smallest absolute Gasteiger partial charge is 0.0460 e. The Morgan fingerprint density at radius 1 is 1.05 bits per heavy atom. The molecule has 4 heteroatoms. The molecule has 0 aliphatic rings. The fourth-order valence-corrected chi connectivity index (χ4v) is 2.28. The second-order valence-corrected chi connectivity index (χ2v) is 5.17. The highest BCUT2D eigenvalue weighted by Crippen LogP contribution is 2.29. The fraction of sp³-hybridized carbons (Fsp3) is 0.400. The molecule has 0 unspecified atom stereocenters. The fourth-order valence-electron chi connectivity index (χ4n) is 2.28. The summed E-state index contributed by atoms with van der Waals surface area (Å²) in [5.41, 5.74) is 8.01. The minimum atomic E-state index is 0.808. The maximum absolute atomic E-state index is 6.01. The van der Waals surface area contributed by atoms with Crippen molar-refractivity contribution in [2.24, 2.45) is 0 Å². The van der Waals surface area contributed by atoms with Gasteiger partial charge in [0.1, 0.15) is 0 Å². The number of hydrogen-bond acceptors (Lipinski definition) is 4. The van der Waals surface area contributed by atoms with Gasteiger partial charge in [-0.3, -0.25) is 4.98 Å². The number of benzene rings is 1. The maximum atomic E-state index is 6.01. The summed E-state index contributed by atoms with van der Waals surface area (Å²) < 4.78 is 0. The second kappa shape index (κ2) is 5.89. The van der Waals surface area contributed by atoms with E-state index in [2.05, 4.69) is 42.0 Å². The maximum Gasteiger partial charge on any atom is 0.0460 e. The number of nitrogen functional groups attached to an aromatic ring is 1. The van der Waals surface area contributed by atoms with Crippen LogP contribution in [-0.2, 0) is 0 Å². The molecule has 0 atom stereocenters. The first-order valence-electron chi connectivity index (χ1n) is 6.57. The molecule has 0 bridgehead atoms. The Bertz CT molecular complexity index is 551. The summed E-state index contributed by atoms with van der Waals surface area (Å²) in [6.07, 6.45) is 4.81. The molecule has 4 nitrogen and oxygen atoms in total. The molecule has 2 rings (SSSR count). The van der Waals surface area contributed by atoms with Crippen LogP contribution in [0.5, 0.6) is 0 Å². The standard InChI is InChI=1S/C15H22N4/c1-18(2)9-4-10-19(3)15-6-5-14(16)12-7-8-17-11-13(12)15/h5-8,11H,4,9-10,16H2,1-3H3. The lowest BCUT2D eigenvalue weighted by atomic mass is 10.1. The summed E-state index contributed by atoms with van der Waals surface area (Å²) in [5.74, 6) is 0. The number of nitrogens with zero attached hydrogens (tertiary/aromatic N) is 3. The lowest BCUT2D eigenvalue weighted by molar-refractivity contribution is 0.402. The molecule has 1 aromatic carbocycles. The van der Waals surface area contributed by atoms with Crippen molar-refractivity contribution in [1.29, 1.82) is 0 Å². The van der Waals surface area contributed by atoms with Crippen LogP contribution in [0.4, 0.5) is 11.4 Å². The Balaban J connectivity index is 2.22. The average molecular weight is 258 g/mol. The van der Waals surface area contributed by atoms with E-state index in [0.29, 0.717) is 0 Å². The van der Waals surface area contributed by atoms with Gasteiger partial charge >= 0.3 is 0 Å².